The predicted octanol–water partition coefficient (Wildman–Crippen LogP) is 1.51. The summed E-state index contributed by atoms with van der Waals surface area (Å²) < 4.78 is 26.9. The van der Waals surface area contributed by atoms with E-state index in [1.165, 1.54) is 6.07 Å². The number of hydrogen-bond acceptors (Lipinski definition) is 4. The molecule has 0 aliphatic carbocycles. The summed E-state index contributed by atoms with van der Waals surface area (Å²) in [6.45, 7) is 5.18. The summed E-state index contributed by atoms with van der Waals surface area (Å²) >= 11 is 0. The molecule has 3 N–H and O–H groups in total. The molecular weight excluding hydrogens is 280 g/mol. The van der Waals surface area contributed by atoms with Crippen molar-refractivity contribution in [2.45, 2.75) is 31.7 Å². The molecule has 0 saturated heterocycles. The van der Waals surface area contributed by atoms with E-state index in [1.807, 2.05) is 0 Å². The number of carboxylic acids is 1. The maximum Gasteiger partial charge on any atom is 0.308 e. The van der Waals surface area contributed by atoms with Crippen LogP contribution in [-0.2, 0) is 14.8 Å². The zero-order valence-electron chi connectivity index (χ0n) is 11.8. The van der Waals surface area contributed by atoms with Crippen LogP contribution in [0.2, 0.25) is 0 Å². The van der Waals surface area contributed by atoms with Crippen LogP contribution in [0.25, 0.3) is 0 Å². The van der Waals surface area contributed by atoms with Crippen molar-refractivity contribution in [3.63, 3.8) is 0 Å². The lowest BCUT2D eigenvalue weighted by Gasteiger charge is -2.15. The highest BCUT2D eigenvalue weighted by atomic mass is 32.2. The van der Waals surface area contributed by atoms with Crippen LogP contribution in [0.1, 0.15) is 20.8 Å². The first kappa shape index (κ1) is 16.5. The van der Waals surface area contributed by atoms with Crippen LogP contribution >= 0.6 is 0 Å². The van der Waals surface area contributed by atoms with Gasteiger partial charge in [0.05, 0.1) is 11.6 Å². The number of carbonyl (C=O) groups is 1. The molecule has 0 heterocycles. The fourth-order valence-electron chi connectivity index (χ4n) is 1.57. The fourth-order valence-corrected chi connectivity index (χ4v) is 3.01. The molecule has 0 fully saturated rings. The number of benzene rings is 1. The fraction of sp³-hybridized carbons (Fsp3) is 0.462. The van der Waals surface area contributed by atoms with Crippen LogP contribution in [0.5, 0.6) is 0 Å². The van der Waals surface area contributed by atoms with Crippen LogP contribution < -0.4 is 10.0 Å². The molecule has 0 aliphatic heterocycles. The van der Waals surface area contributed by atoms with E-state index in [2.05, 4.69) is 10.0 Å². The van der Waals surface area contributed by atoms with Gasteiger partial charge in [0.2, 0.25) is 10.0 Å². The van der Waals surface area contributed by atoms with Gasteiger partial charge in [0.15, 0.2) is 0 Å². The second-order valence-electron chi connectivity index (χ2n) is 4.89. The predicted molar refractivity (Wildman–Crippen MR) is 77.2 cm³/mol. The van der Waals surface area contributed by atoms with Crippen LogP contribution in [0, 0.1) is 5.92 Å². The van der Waals surface area contributed by atoms with E-state index in [0.717, 1.165) is 0 Å². The quantitative estimate of drug-likeness (QED) is 0.709. The van der Waals surface area contributed by atoms with Gasteiger partial charge in [0.1, 0.15) is 4.90 Å². The Morgan fingerprint density at radius 3 is 2.40 bits per heavy atom. The standard InChI is InChI=1S/C13H20N2O4S/c1-9(2)15-20(18,19)12-7-5-4-6-11(12)14-8-10(3)13(16)17/h4-7,9-10,14-15H,8H2,1-3H3,(H,16,17). The lowest BCUT2D eigenvalue weighted by molar-refractivity contribution is -0.140. The van der Waals surface area contributed by atoms with Crippen molar-refractivity contribution in [2.24, 2.45) is 5.92 Å². The summed E-state index contributed by atoms with van der Waals surface area (Å²) in [7, 11) is -3.62. The molecule has 20 heavy (non-hydrogen) atoms. The van der Waals surface area contributed by atoms with Gasteiger partial charge in [-0.05, 0) is 26.0 Å². The van der Waals surface area contributed by atoms with Gasteiger partial charge in [-0.3, -0.25) is 4.79 Å². The topological polar surface area (TPSA) is 95.5 Å². The number of carboxylic acid groups (broad SMARTS) is 1. The Kier molecular flexibility index (Phi) is 5.52. The minimum absolute atomic E-state index is 0.117. The molecule has 0 aromatic heterocycles. The average Bonchev–Trinajstić information content (AvgIpc) is 2.34. The molecule has 7 heteroatoms. The highest BCUT2D eigenvalue weighted by Gasteiger charge is 2.20. The molecule has 6 nitrogen and oxygen atoms in total. The molecule has 0 bridgehead atoms. The van der Waals surface area contributed by atoms with Crippen molar-refractivity contribution < 1.29 is 18.3 Å². The Hall–Kier alpha value is -1.60. The van der Waals surface area contributed by atoms with Crippen molar-refractivity contribution in [2.75, 3.05) is 11.9 Å². The third kappa shape index (κ3) is 4.50. The van der Waals surface area contributed by atoms with Gasteiger partial charge < -0.3 is 10.4 Å². The summed E-state index contributed by atoms with van der Waals surface area (Å²) in [5.74, 6) is -1.54. The van der Waals surface area contributed by atoms with E-state index in [1.54, 1.807) is 39.0 Å². The zero-order valence-corrected chi connectivity index (χ0v) is 12.6. The van der Waals surface area contributed by atoms with Crippen LogP contribution in [0.3, 0.4) is 0 Å². The monoisotopic (exact) mass is 300 g/mol. The molecule has 0 spiro atoms. The number of aliphatic carboxylic acids is 1. The van der Waals surface area contributed by atoms with Gasteiger partial charge in [0.25, 0.3) is 0 Å². The Morgan fingerprint density at radius 1 is 1.25 bits per heavy atom. The SMILES string of the molecule is CC(C)NS(=O)(=O)c1ccccc1NCC(C)C(=O)O. The summed E-state index contributed by atoms with van der Waals surface area (Å²) in [6.07, 6.45) is 0. The molecule has 1 rings (SSSR count). The minimum Gasteiger partial charge on any atom is -0.481 e. The second kappa shape index (κ2) is 6.71. The van der Waals surface area contributed by atoms with Crippen molar-refractivity contribution in [3.05, 3.63) is 24.3 Å². The third-order valence-electron chi connectivity index (χ3n) is 2.59. The van der Waals surface area contributed by atoms with Crippen molar-refractivity contribution in [1.29, 1.82) is 0 Å². The van der Waals surface area contributed by atoms with Gasteiger partial charge in [-0.1, -0.05) is 19.1 Å². The average molecular weight is 300 g/mol. The number of rotatable bonds is 7. The molecule has 1 atom stereocenters. The summed E-state index contributed by atoms with van der Waals surface area (Å²) in [5.41, 5.74) is 0.397. The highest BCUT2D eigenvalue weighted by molar-refractivity contribution is 7.89. The van der Waals surface area contributed by atoms with E-state index in [-0.39, 0.29) is 17.5 Å². The molecule has 1 aromatic carbocycles. The van der Waals surface area contributed by atoms with E-state index < -0.39 is 21.9 Å². The van der Waals surface area contributed by atoms with Gasteiger partial charge >= 0.3 is 5.97 Å². The zero-order chi connectivity index (χ0) is 15.3. The molecule has 0 aliphatic rings. The molecule has 0 saturated carbocycles. The van der Waals surface area contributed by atoms with E-state index in [4.69, 9.17) is 5.11 Å². The smallest absolute Gasteiger partial charge is 0.308 e. The van der Waals surface area contributed by atoms with Gasteiger partial charge in [-0.25, -0.2) is 13.1 Å². The summed E-state index contributed by atoms with van der Waals surface area (Å²) in [4.78, 5) is 10.9. The van der Waals surface area contributed by atoms with Crippen molar-refractivity contribution in [1.82, 2.24) is 4.72 Å². The van der Waals surface area contributed by atoms with Gasteiger partial charge in [-0.15, -0.1) is 0 Å². The molecule has 0 amide bonds. The second-order valence-corrected chi connectivity index (χ2v) is 6.57. The van der Waals surface area contributed by atoms with Crippen LogP contribution in [-0.4, -0.2) is 32.1 Å². The number of hydrogen-bond donors (Lipinski definition) is 3. The first-order valence-corrected chi connectivity index (χ1v) is 7.80. The van der Waals surface area contributed by atoms with Gasteiger partial charge in [-0.2, -0.15) is 0 Å². The number of nitrogens with one attached hydrogen (secondary N) is 2. The van der Waals surface area contributed by atoms with E-state index in [0.29, 0.717) is 5.69 Å². The maximum atomic E-state index is 12.2. The van der Waals surface area contributed by atoms with Gasteiger partial charge in [0, 0.05) is 12.6 Å². The maximum absolute atomic E-state index is 12.2. The Morgan fingerprint density at radius 2 is 1.85 bits per heavy atom. The summed E-state index contributed by atoms with van der Waals surface area (Å²) in [5, 5.41) is 11.7. The lowest BCUT2D eigenvalue weighted by atomic mass is 10.2. The van der Waals surface area contributed by atoms with Crippen LogP contribution in [0.4, 0.5) is 5.69 Å². The van der Waals surface area contributed by atoms with E-state index in [9.17, 15) is 13.2 Å². The van der Waals surface area contributed by atoms with E-state index >= 15 is 0 Å². The third-order valence-corrected chi connectivity index (χ3v) is 4.30. The summed E-state index contributed by atoms with van der Waals surface area (Å²) in [6, 6.07) is 6.20. The lowest BCUT2D eigenvalue weighted by Crippen LogP contribution is -2.31. The first-order valence-electron chi connectivity index (χ1n) is 6.32. The highest BCUT2D eigenvalue weighted by Crippen LogP contribution is 2.21. The Bertz CT molecular complexity index is 569. The largest absolute Gasteiger partial charge is 0.481 e. The van der Waals surface area contributed by atoms with Crippen molar-refractivity contribution in [3.8, 4) is 0 Å². The first-order chi connectivity index (χ1) is 9.24. The number of anilines is 1. The van der Waals surface area contributed by atoms with Crippen LogP contribution in [0.15, 0.2) is 29.2 Å². The Balaban J connectivity index is 2.97. The molecular formula is C13H20N2O4S. The molecule has 112 valence electrons. The number of sulfonamides is 1. The molecule has 1 aromatic rings. The molecule has 0 radical (unpaired) electrons. The Labute approximate surface area is 119 Å². The number of para-hydroxylation sites is 1. The van der Waals surface area contributed by atoms with Crippen molar-refractivity contribution >= 4 is 21.7 Å². The normalized spacial score (nSPS) is 13.2. The molecule has 1 unspecified atom stereocenters. The minimum atomic E-state index is -3.62.